The molecule has 0 aliphatic heterocycles. The molecule has 0 amide bonds. The maximum atomic E-state index is 13.6. The largest absolute Gasteiger partial charge is 0.481 e. The van der Waals surface area contributed by atoms with Gasteiger partial charge in [0.2, 0.25) is 0 Å². The highest BCUT2D eigenvalue weighted by Gasteiger charge is 2.40. The lowest BCUT2D eigenvalue weighted by Gasteiger charge is -2.24. The van der Waals surface area contributed by atoms with E-state index in [1.165, 1.54) is 18.3 Å². The van der Waals surface area contributed by atoms with Crippen molar-refractivity contribution < 1.29 is 29.6 Å². The standard InChI is InChI=1S/C22H32FNO5/c23-18-8-5-6-9-19(18)24-14-15(25)11-12-17-16(20(26)13-21(17)27)7-3-1-2-4-10-22(28)29/h5-6,8-9,14-17,20-21,25-27H,1-4,7,10-13H2,(H,28,29)/b24-14+/t15?,16-,17?,20+,21-/m1/s1. The SMILES string of the molecule is O=C(O)CCCCCC[C@@H]1C(CCC(O)/C=N/c2ccccc2F)[C@H](O)C[C@@H]1O. The van der Waals surface area contributed by atoms with Gasteiger partial charge in [-0.25, -0.2) is 4.39 Å². The van der Waals surface area contributed by atoms with Crippen LogP contribution < -0.4 is 0 Å². The molecular formula is C22H32FNO5. The van der Waals surface area contributed by atoms with Gasteiger partial charge in [0.25, 0.3) is 0 Å². The van der Waals surface area contributed by atoms with E-state index in [-0.39, 0.29) is 23.9 Å². The van der Waals surface area contributed by atoms with Crippen LogP contribution >= 0.6 is 0 Å². The fraction of sp³-hybridized carbons (Fsp3) is 0.636. The average Bonchev–Trinajstić information content (AvgIpc) is 2.94. The molecule has 162 valence electrons. The lowest BCUT2D eigenvalue weighted by atomic mass is 9.85. The molecule has 1 aromatic carbocycles. The number of carboxylic acids is 1. The Morgan fingerprint density at radius 1 is 1.10 bits per heavy atom. The first-order chi connectivity index (χ1) is 13.9. The summed E-state index contributed by atoms with van der Waals surface area (Å²) in [6.07, 6.45) is 4.80. The van der Waals surface area contributed by atoms with Gasteiger partial charge in [0.15, 0.2) is 0 Å². The van der Waals surface area contributed by atoms with E-state index in [9.17, 15) is 24.5 Å². The van der Waals surface area contributed by atoms with Crippen LogP contribution in [0.25, 0.3) is 0 Å². The zero-order chi connectivity index (χ0) is 21.2. The van der Waals surface area contributed by atoms with Gasteiger partial charge in [-0.05, 0) is 56.1 Å². The number of hydrogen-bond acceptors (Lipinski definition) is 5. The Morgan fingerprint density at radius 3 is 2.45 bits per heavy atom. The third kappa shape index (κ3) is 7.84. The summed E-state index contributed by atoms with van der Waals surface area (Å²) in [5.41, 5.74) is 0.170. The quantitative estimate of drug-likeness (QED) is 0.312. The van der Waals surface area contributed by atoms with Gasteiger partial charge in [0, 0.05) is 12.6 Å². The molecule has 6 nitrogen and oxygen atoms in total. The average molecular weight is 409 g/mol. The van der Waals surface area contributed by atoms with Crippen LogP contribution in [0, 0.1) is 17.7 Å². The molecule has 0 heterocycles. The lowest BCUT2D eigenvalue weighted by Crippen LogP contribution is -2.24. The highest BCUT2D eigenvalue weighted by Crippen LogP contribution is 2.39. The summed E-state index contributed by atoms with van der Waals surface area (Å²) in [5, 5.41) is 39.4. The van der Waals surface area contributed by atoms with Crippen LogP contribution in [0.3, 0.4) is 0 Å². The molecule has 0 radical (unpaired) electrons. The van der Waals surface area contributed by atoms with E-state index >= 15 is 0 Å². The smallest absolute Gasteiger partial charge is 0.303 e. The second-order valence-corrected chi connectivity index (χ2v) is 7.92. The number of aliphatic hydroxyl groups excluding tert-OH is 3. The van der Waals surface area contributed by atoms with E-state index in [2.05, 4.69) is 4.99 Å². The number of aliphatic imine (C=N–C) groups is 1. The van der Waals surface area contributed by atoms with Crippen molar-refractivity contribution in [1.29, 1.82) is 0 Å². The predicted molar refractivity (Wildman–Crippen MR) is 109 cm³/mol. The summed E-state index contributed by atoms with van der Waals surface area (Å²) < 4.78 is 13.6. The number of aliphatic hydroxyl groups is 3. The van der Waals surface area contributed by atoms with E-state index in [0.717, 1.165) is 25.7 Å². The minimum atomic E-state index is -0.851. The van der Waals surface area contributed by atoms with Gasteiger partial charge in [-0.15, -0.1) is 0 Å². The van der Waals surface area contributed by atoms with Gasteiger partial charge in [0.05, 0.1) is 24.0 Å². The molecule has 1 aliphatic carbocycles. The second kappa shape index (κ2) is 12.0. The molecule has 0 bridgehead atoms. The van der Waals surface area contributed by atoms with E-state index in [1.807, 2.05) is 0 Å². The number of carbonyl (C=O) groups is 1. The molecular weight excluding hydrogens is 377 g/mol. The van der Waals surface area contributed by atoms with E-state index in [1.54, 1.807) is 12.1 Å². The van der Waals surface area contributed by atoms with Crippen molar-refractivity contribution in [3.05, 3.63) is 30.1 Å². The molecule has 1 fully saturated rings. The third-order valence-corrected chi connectivity index (χ3v) is 5.73. The first-order valence-corrected chi connectivity index (χ1v) is 10.4. The highest BCUT2D eigenvalue weighted by atomic mass is 19.1. The first-order valence-electron chi connectivity index (χ1n) is 10.4. The number of nitrogens with zero attached hydrogens (tertiary/aromatic N) is 1. The monoisotopic (exact) mass is 409 g/mol. The van der Waals surface area contributed by atoms with Gasteiger partial charge >= 0.3 is 5.97 Å². The number of unbranched alkanes of at least 4 members (excludes halogenated alkanes) is 3. The maximum absolute atomic E-state index is 13.6. The summed E-state index contributed by atoms with van der Waals surface area (Å²) in [6.45, 7) is 0. The normalized spacial score (nSPS) is 25.5. The van der Waals surface area contributed by atoms with E-state index in [4.69, 9.17) is 5.11 Å². The van der Waals surface area contributed by atoms with Crippen molar-refractivity contribution in [2.24, 2.45) is 16.8 Å². The van der Waals surface area contributed by atoms with Crippen molar-refractivity contribution in [3.63, 3.8) is 0 Å². The minimum Gasteiger partial charge on any atom is -0.481 e. The Morgan fingerprint density at radius 2 is 1.76 bits per heavy atom. The number of aliphatic carboxylic acids is 1. The minimum absolute atomic E-state index is 0.0276. The predicted octanol–water partition coefficient (Wildman–Crippen LogP) is 3.45. The second-order valence-electron chi connectivity index (χ2n) is 7.92. The summed E-state index contributed by atoms with van der Waals surface area (Å²) in [7, 11) is 0. The molecule has 2 unspecified atom stereocenters. The molecule has 5 atom stereocenters. The van der Waals surface area contributed by atoms with Crippen LogP contribution in [0.2, 0.25) is 0 Å². The van der Waals surface area contributed by atoms with Crippen LogP contribution in [-0.4, -0.2) is 50.9 Å². The highest BCUT2D eigenvalue weighted by molar-refractivity contribution is 5.67. The van der Waals surface area contributed by atoms with Gasteiger partial charge in [-0.2, -0.15) is 0 Å². The lowest BCUT2D eigenvalue weighted by molar-refractivity contribution is -0.137. The summed E-state index contributed by atoms with van der Waals surface area (Å²) in [4.78, 5) is 14.5. The number of carboxylic acid groups (broad SMARTS) is 1. The number of para-hydroxylation sites is 1. The van der Waals surface area contributed by atoms with Gasteiger partial charge in [-0.1, -0.05) is 31.4 Å². The van der Waals surface area contributed by atoms with Gasteiger partial charge in [0.1, 0.15) is 5.82 Å². The van der Waals surface area contributed by atoms with Gasteiger partial charge in [-0.3, -0.25) is 9.79 Å². The Labute approximate surface area is 171 Å². The van der Waals surface area contributed by atoms with Crippen molar-refractivity contribution in [1.82, 2.24) is 0 Å². The van der Waals surface area contributed by atoms with E-state index in [0.29, 0.717) is 25.7 Å². The van der Waals surface area contributed by atoms with Crippen molar-refractivity contribution in [2.75, 3.05) is 0 Å². The maximum Gasteiger partial charge on any atom is 0.303 e. The first kappa shape index (κ1) is 23.4. The Kier molecular flexibility index (Phi) is 9.70. The fourth-order valence-electron chi connectivity index (χ4n) is 4.15. The molecule has 2 rings (SSSR count). The topological polar surface area (TPSA) is 110 Å². The number of rotatable bonds is 12. The van der Waals surface area contributed by atoms with Crippen LogP contribution in [0.15, 0.2) is 29.3 Å². The molecule has 1 aliphatic rings. The Hall–Kier alpha value is -1.83. The number of halogens is 1. The van der Waals surface area contributed by atoms with Crippen LogP contribution in [0.4, 0.5) is 10.1 Å². The van der Waals surface area contributed by atoms with Crippen molar-refractivity contribution >= 4 is 17.9 Å². The third-order valence-electron chi connectivity index (χ3n) is 5.73. The van der Waals surface area contributed by atoms with Crippen LogP contribution in [0.1, 0.15) is 57.8 Å². The molecule has 29 heavy (non-hydrogen) atoms. The van der Waals surface area contributed by atoms with E-state index < -0.39 is 30.1 Å². The zero-order valence-electron chi connectivity index (χ0n) is 16.7. The number of benzene rings is 1. The number of hydrogen-bond donors (Lipinski definition) is 4. The summed E-state index contributed by atoms with van der Waals surface area (Å²) >= 11 is 0. The summed E-state index contributed by atoms with van der Waals surface area (Å²) in [5.74, 6) is -1.36. The summed E-state index contributed by atoms with van der Waals surface area (Å²) in [6, 6.07) is 6.08. The van der Waals surface area contributed by atoms with Gasteiger partial charge < -0.3 is 20.4 Å². The zero-order valence-corrected chi connectivity index (χ0v) is 16.7. The molecule has 0 aromatic heterocycles. The Balaban J connectivity index is 1.77. The molecule has 4 N–H and O–H groups in total. The molecule has 0 spiro atoms. The molecule has 0 saturated heterocycles. The molecule has 1 saturated carbocycles. The fourth-order valence-corrected chi connectivity index (χ4v) is 4.15. The van der Waals surface area contributed by atoms with Crippen LogP contribution in [0.5, 0.6) is 0 Å². The molecule has 7 heteroatoms. The van der Waals surface area contributed by atoms with Crippen LogP contribution in [-0.2, 0) is 4.79 Å². The van der Waals surface area contributed by atoms with Crippen molar-refractivity contribution in [3.8, 4) is 0 Å². The molecule has 1 aromatic rings. The Bertz CT molecular complexity index is 668. The van der Waals surface area contributed by atoms with Crippen molar-refractivity contribution in [2.45, 2.75) is 76.1 Å².